The molecule has 3 N–H and O–H groups in total. The number of hydrogen-bond donors (Lipinski definition) is 3. The van der Waals surface area contributed by atoms with Crippen LogP contribution in [-0.2, 0) is 0 Å². The zero-order valence-electron chi connectivity index (χ0n) is 10.4. The monoisotopic (exact) mass is 258 g/mol. The van der Waals surface area contributed by atoms with Crippen molar-refractivity contribution in [1.82, 2.24) is 0 Å². The second kappa shape index (κ2) is 5.02. The van der Waals surface area contributed by atoms with Crippen LogP contribution in [0.3, 0.4) is 0 Å². The van der Waals surface area contributed by atoms with Crippen LogP contribution in [-0.4, -0.2) is 21.3 Å². The highest BCUT2D eigenvalue weighted by Gasteiger charge is 2.14. The van der Waals surface area contributed by atoms with Crippen LogP contribution in [0.1, 0.15) is 34.3 Å². The SMILES string of the molecule is CC(c1cccc(O)c1)c1ccc(O)c(C(=O)O)c1. The maximum Gasteiger partial charge on any atom is 0.339 e. The summed E-state index contributed by atoms with van der Waals surface area (Å²) >= 11 is 0. The van der Waals surface area contributed by atoms with Crippen molar-refractivity contribution in [3.05, 3.63) is 59.2 Å². The number of rotatable bonds is 3. The van der Waals surface area contributed by atoms with Crippen molar-refractivity contribution >= 4 is 5.97 Å². The van der Waals surface area contributed by atoms with Gasteiger partial charge in [0.05, 0.1) is 0 Å². The van der Waals surface area contributed by atoms with Crippen LogP contribution in [0.25, 0.3) is 0 Å². The number of benzene rings is 2. The van der Waals surface area contributed by atoms with Gasteiger partial charge in [-0.25, -0.2) is 4.79 Å². The van der Waals surface area contributed by atoms with Gasteiger partial charge in [0, 0.05) is 5.92 Å². The number of aromatic hydroxyl groups is 2. The molecule has 2 aromatic carbocycles. The van der Waals surface area contributed by atoms with Gasteiger partial charge in [0.2, 0.25) is 0 Å². The minimum absolute atomic E-state index is 0.0780. The molecule has 0 fully saturated rings. The molecule has 1 atom stereocenters. The summed E-state index contributed by atoms with van der Waals surface area (Å²) in [5.74, 6) is -1.32. The molecule has 4 nitrogen and oxygen atoms in total. The van der Waals surface area contributed by atoms with Crippen molar-refractivity contribution in [2.24, 2.45) is 0 Å². The summed E-state index contributed by atoms with van der Waals surface area (Å²) < 4.78 is 0. The van der Waals surface area contributed by atoms with Gasteiger partial charge in [-0.2, -0.15) is 0 Å². The summed E-state index contributed by atoms with van der Waals surface area (Å²) in [5, 5.41) is 27.9. The van der Waals surface area contributed by atoms with Crippen LogP contribution in [0.2, 0.25) is 0 Å². The number of aromatic carboxylic acids is 1. The van der Waals surface area contributed by atoms with Crippen LogP contribution in [0.15, 0.2) is 42.5 Å². The van der Waals surface area contributed by atoms with Gasteiger partial charge < -0.3 is 15.3 Å². The molecule has 0 amide bonds. The second-order valence-electron chi connectivity index (χ2n) is 4.40. The third-order valence-corrected chi connectivity index (χ3v) is 3.12. The summed E-state index contributed by atoms with van der Waals surface area (Å²) in [7, 11) is 0. The first-order chi connectivity index (χ1) is 8.99. The Labute approximate surface area is 110 Å². The maximum atomic E-state index is 11.0. The third kappa shape index (κ3) is 2.68. The Bertz CT molecular complexity index is 619. The van der Waals surface area contributed by atoms with Crippen molar-refractivity contribution < 1.29 is 20.1 Å². The molecular formula is C15H14O4. The smallest absolute Gasteiger partial charge is 0.339 e. The average molecular weight is 258 g/mol. The van der Waals surface area contributed by atoms with Crippen molar-refractivity contribution in [2.45, 2.75) is 12.8 Å². The van der Waals surface area contributed by atoms with E-state index in [1.165, 1.54) is 12.1 Å². The molecule has 1 unspecified atom stereocenters. The highest BCUT2D eigenvalue weighted by Crippen LogP contribution is 2.29. The van der Waals surface area contributed by atoms with Gasteiger partial charge in [-0.1, -0.05) is 25.1 Å². The lowest BCUT2D eigenvalue weighted by Gasteiger charge is -2.14. The first kappa shape index (κ1) is 13.0. The number of carboxylic acid groups (broad SMARTS) is 1. The Morgan fingerprint density at radius 2 is 1.74 bits per heavy atom. The predicted molar refractivity (Wildman–Crippen MR) is 70.7 cm³/mol. The van der Waals surface area contributed by atoms with Gasteiger partial charge in [0.1, 0.15) is 17.1 Å². The molecule has 0 aromatic heterocycles. The van der Waals surface area contributed by atoms with E-state index < -0.39 is 5.97 Å². The maximum absolute atomic E-state index is 11.0. The molecule has 0 saturated carbocycles. The number of phenolic OH excluding ortho intramolecular Hbond substituents is 1. The summed E-state index contributed by atoms with van der Waals surface area (Å²) in [6.45, 7) is 1.91. The van der Waals surface area contributed by atoms with Gasteiger partial charge in [0.25, 0.3) is 0 Å². The van der Waals surface area contributed by atoms with E-state index in [2.05, 4.69) is 0 Å². The number of hydrogen-bond acceptors (Lipinski definition) is 3. The summed E-state index contributed by atoms with van der Waals surface area (Å²) in [6.07, 6.45) is 0. The summed E-state index contributed by atoms with van der Waals surface area (Å²) in [6, 6.07) is 11.3. The van der Waals surface area contributed by atoms with Gasteiger partial charge in [-0.15, -0.1) is 0 Å². The van der Waals surface area contributed by atoms with Crippen molar-refractivity contribution in [3.8, 4) is 11.5 Å². The van der Waals surface area contributed by atoms with E-state index in [0.29, 0.717) is 0 Å². The Morgan fingerprint density at radius 1 is 1.05 bits per heavy atom. The molecule has 0 aliphatic heterocycles. The summed E-state index contributed by atoms with van der Waals surface area (Å²) in [4.78, 5) is 11.0. The molecule has 4 heteroatoms. The molecule has 0 radical (unpaired) electrons. The summed E-state index contributed by atoms with van der Waals surface area (Å²) in [5.41, 5.74) is 1.52. The highest BCUT2D eigenvalue weighted by molar-refractivity contribution is 5.91. The molecule has 0 aliphatic carbocycles. The molecule has 0 aliphatic rings. The normalized spacial score (nSPS) is 12.1. The van der Waals surface area contributed by atoms with E-state index in [1.807, 2.05) is 13.0 Å². The first-order valence-corrected chi connectivity index (χ1v) is 5.84. The average Bonchev–Trinajstić information content (AvgIpc) is 2.38. The van der Waals surface area contributed by atoms with E-state index in [0.717, 1.165) is 11.1 Å². The van der Waals surface area contributed by atoms with Crippen LogP contribution in [0.5, 0.6) is 11.5 Å². The van der Waals surface area contributed by atoms with Crippen molar-refractivity contribution in [2.75, 3.05) is 0 Å². The fourth-order valence-electron chi connectivity index (χ4n) is 1.98. The quantitative estimate of drug-likeness (QED) is 0.791. The van der Waals surface area contributed by atoms with E-state index in [9.17, 15) is 15.0 Å². The van der Waals surface area contributed by atoms with Crippen molar-refractivity contribution in [3.63, 3.8) is 0 Å². The Morgan fingerprint density at radius 3 is 2.37 bits per heavy atom. The molecule has 0 heterocycles. The Kier molecular flexibility index (Phi) is 3.42. The standard InChI is InChI=1S/C15H14O4/c1-9(10-3-2-4-12(16)7-10)11-5-6-14(17)13(8-11)15(18)19/h2-9,16-17H,1H3,(H,18,19). The molecule has 19 heavy (non-hydrogen) atoms. The number of carbonyl (C=O) groups is 1. The van der Waals surface area contributed by atoms with Crippen LogP contribution >= 0.6 is 0 Å². The van der Waals surface area contributed by atoms with Gasteiger partial charge in [-0.05, 0) is 35.4 Å². The highest BCUT2D eigenvalue weighted by atomic mass is 16.4. The minimum atomic E-state index is -1.16. The molecule has 0 bridgehead atoms. The Hall–Kier alpha value is -2.49. The van der Waals surface area contributed by atoms with E-state index in [1.54, 1.807) is 24.3 Å². The molecule has 2 aromatic rings. The van der Waals surface area contributed by atoms with Crippen LogP contribution < -0.4 is 0 Å². The zero-order chi connectivity index (χ0) is 14.0. The molecule has 0 saturated heterocycles. The second-order valence-corrected chi connectivity index (χ2v) is 4.40. The van der Waals surface area contributed by atoms with Crippen LogP contribution in [0, 0.1) is 0 Å². The van der Waals surface area contributed by atoms with Gasteiger partial charge in [0.15, 0.2) is 0 Å². The lowest BCUT2D eigenvalue weighted by atomic mass is 9.91. The topological polar surface area (TPSA) is 77.8 Å². The zero-order valence-corrected chi connectivity index (χ0v) is 10.4. The van der Waals surface area contributed by atoms with E-state index >= 15 is 0 Å². The lowest BCUT2D eigenvalue weighted by Crippen LogP contribution is -2.01. The third-order valence-electron chi connectivity index (χ3n) is 3.12. The molecule has 98 valence electrons. The van der Waals surface area contributed by atoms with Gasteiger partial charge in [-0.3, -0.25) is 0 Å². The lowest BCUT2D eigenvalue weighted by molar-refractivity contribution is 0.0693. The van der Waals surface area contributed by atoms with E-state index in [4.69, 9.17) is 5.11 Å². The van der Waals surface area contributed by atoms with Crippen LogP contribution in [0.4, 0.5) is 0 Å². The largest absolute Gasteiger partial charge is 0.508 e. The van der Waals surface area contributed by atoms with Crippen molar-refractivity contribution in [1.29, 1.82) is 0 Å². The van der Waals surface area contributed by atoms with Gasteiger partial charge >= 0.3 is 5.97 Å². The predicted octanol–water partition coefficient (Wildman–Crippen LogP) is 2.95. The molecular weight excluding hydrogens is 244 g/mol. The van der Waals surface area contributed by atoms with E-state index in [-0.39, 0.29) is 23.0 Å². The molecule has 0 spiro atoms. The Balaban J connectivity index is 2.42. The first-order valence-electron chi connectivity index (χ1n) is 5.84. The minimum Gasteiger partial charge on any atom is -0.508 e. The fraction of sp³-hybridized carbons (Fsp3) is 0.133. The number of carboxylic acids is 1. The molecule has 2 rings (SSSR count). The number of phenols is 2. The fourth-order valence-corrected chi connectivity index (χ4v) is 1.98.